The van der Waals surface area contributed by atoms with Gasteiger partial charge in [0.15, 0.2) is 0 Å². The Kier molecular flexibility index (Phi) is 10.3. The Morgan fingerprint density at radius 1 is 0.912 bits per heavy atom. The molecule has 0 aliphatic carbocycles. The van der Waals surface area contributed by atoms with E-state index in [-0.39, 0.29) is 11.8 Å². The predicted octanol–water partition coefficient (Wildman–Crippen LogP) is 3.89. The predicted molar refractivity (Wildman–Crippen MR) is 133 cm³/mol. The van der Waals surface area contributed by atoms with E-state index in [0.29, 0.717) is 13.0 Å². The van der Waals surface area contributed by atoms with Crippen molar-refractivity contribution in [3.05, 3.63) is 83.9 Å². The second kappa shape index (κ2) is 13.2. The quantitative estimate of drug-likeness (QED) is 0.464. The number of nitrogens with one attached hydrogen (secondary N) is 3. The van der Waals surface area contributed by atoms with Gasteiger partial charge in [0.25, 0.3) is 0 Å². The van der Waals surface area contributed by atoms with Gasteiger partial charge in [0, 0.05) is 18.7 Å². The van der Waals surface area contributed by atoms with Crippen LogP contribution in [0.4, 0.5) is 4.79 Å². The lowest BCUT2D eigenvalue weighted by Crippen LogP contribution is -2.49. The van der Waals surface area contributed by atoms with Crippen LogP contribution in [0.25, 0.3) is 0 Å². The van der Waals surface area contributed by atoms with E-state index in [1.165, 1.54) is 6.08 Å². The highest BCUT2D eigenvalue weighted by Gasteiger charge is 2.22. The molecule has 0 radical (unpaired) electrons. The van der Waals surface area contributed by atoms with Crippen LogP contribution in [0.3, 0.4) is 0 Å². The van der Waals surface area contributed by atoms with Gasteiger partial charge in [0.1, 0.15) is 11.6 Å². The molecule has 2 unspecified atom stereocenters. The minimum atomic E-state index is -0.797. The average molecular weight is 466 g/mol. The van der Waals surface area contributed by atoms with Crippen LogP contribution in [0.2, 0.25) is 0 Å². The minimum absolute atomic E-state index is 0.247. The molecule has 7 heteroatoms. The molecule has 0 aromatic heterocycles. The van der Waals surface area contributed by atoms with Gasteiger partial charge in [0.05, 0.1) is 0 Å². The molecule has 0 spiro atoms. The SMILES string of the molecule is CC(NC(=O)OC(C)(C)C)C(=O)NC(C=CC(=O)NCc1ccccc1)CCc1ccccc1. The van der Waals surface area contributed by atoms with Gasteiger partial charge < -0.3 is 20.7 Å². The Bertz CT molecular complexity index is 953. The summed E-state index contributed by atoms with van der Waals surface area (Å²) in [6.45, 7) is 7.27. The number of carbonyl (C=O) groups is 3. The van der Waals surface area contributed by atoms with E-state index in [4.69, 9.17) is 4.74 Å². The molecule has 0 saturated heterocycles. The second-order valence-electron chi connectivity index (χ2n) is 9.07. The summed E-state index contributed by atoms with van der Waals surface area (Å²) in [6, 6.07) is 18.3. The van der Waals surface area contributed by atoms with Crippen LogP contribution < -0.4 is 16.0 Å². The second-order valence-corrected chi connectivity index (χ2v) is 9.07. The topological polar surface area (TPSA) is 96.5 Å². The monoisotopic (exact) mass is 465 g/mol. The van der Waals surface area contributed by atoms with E-state index in [1.54, 1.807) is 33.8 Å². The highest BCUT2D eigenvalue weighted by Crippen LogP contribution is 2.08. The zero-order valence-corrected chi connectivity index (χ0v) is 20.3. The van der Waals surface area contributed by atoms with E-state index in [2.05, 4.69) is 16.0 Å². The number of benzene rings is 2. The van der Waals surface area contributed by atoms with Gasteiger partial charge in [0.2, 0.25) is 11.8 Å². The van der Waals surface area contributed by atoms with Gasteiger partial charge in [-0.3, -0.25) is 9.59 Å². The standard InChI is InChI=1S/C27H35N3O4/c1-20(29-26(33)34-27(2,3)4)25(32)30-23(16-15-21-11-7-5-8-12-21)17-18-24(31)28-19-22-13-9-6-10-14-22/h5-14,17-18,20,23H,15-16,19H2,1-4H3,(H,28,31)(H,29,33)(H,30,32). The molecule has 0 saturated carbocycles. The first-order chi connectivity index (χ1) is 16.1. The van der Waals surface area contributed by atoms with Crippen LogP contribution in [0.5, 0.6) is 0 Å². The third-order valence-electron chi connectivity index (χ3n) is 4.83. The molecular weight excluding hydrogens is 430 g/mol. The van der Waals surface area contributed by atoms with Crippen molar-refractivity contribution < 1.29 is 19.1 Å². The summed E-state index contributed by atoms with van der Waals surface area (Å²) in [5.41, 5.74) is 1.47. The Hall–Kier alpha value is -3.61. The number of rotatable bonds is 10. The molecule has 0 bridgehead atoms. The van der Waals surface area contributed by atoms with E-state index < -0.39 is 23.8 Å². The Labute approximate surface area is 202 Å². The van der Waals surface area contributed by atoms with Crippen molar-refractivity contribution in [3.8, 4) is 0 Å². The van der Waals surface area contributed by atoms with Crippen LogP contribution in [0.15, 0.2) is 72.8 Å². The number of amides is 3. The number of ether oxygens (including phenoxy) is 1. The lowest BCUT2D eigenvalue weighted by Gasteiger charge is -2.23. The van der Waals surface area contributed by atoms with Crippen LogP contribution in [-0.2, 0) is 27.3 Å². The average Bonchev–Trinajstić information content (AvgIpc) is 2.79. The maximum atomic E-state index is 12.7. The molecular formula is C27H35N3O4. The molecule has 2 aromatic carbocycles. The van der Waals surface area contributed by atoms with Crippen LogP contribution in [-0.4, -0.2) is 35.6 Å². The number of aryl methyl sites for hydroxylation is 1. The molecule has 34 heavy (non-hydrogen) atoms. The third kappa shape index (κ3) is 10.8. The molecule has 3 amide bonds. The molecule has 2 aromatic rings. The molecule has 2 atom stereocenters. The van der Waals surface area contributed by atoms with Gasteiger partial charge in [-0.1, -0.05) is 66.7 Å². The number of hydrogen-bond donors (Lipinski definition) is 3. The van der Waals surface area contributed by atoms with Crippen molar-refractivity contribution in [2.75, 3.05) is 0 Å². The molecule has 7 nitrogen and oxygen atoms in total. The maximum absolute atomic E-state index is 12.7. The summed E-state index contributed by atoms with van der Waals surface area (Å²) in [4.78, 5) is 37.0. The molecule has 2 rings (SSSR count). The first-order valence-corrected chi connectivity index (χ1v) is 11.5. The zero-order valence-electron chi connectivity index (χ0n) is 20.3. The Balaban J connectivity index is 1.97. The highest BCUT2D eigenvalue weighted by atomic mass is 16.6. The summed E-state index contributed by atoms with van der Waals surface area (Å²) in [6.07, 6.45) is 3.77. The van der Waals surface area contributed by atoms with Crippen molar-refractivity contribution >= 4 is 17.9 Å². The van der Waals surface area contributed by atoms with E-state index in [9.17, 15) is 14.4 Å². The molecule has 3 N–H and O–H groups in total. The van der Waals surface area contributed by atoms with Crippen LogP contribution in [0.1, 0.15) is 45.2 Å². The van der Waals surface area contributed by atoms with Crippen molar-refractivity contribution in [2.24, 2.45) is 0 Å². The first kappa shape index (κ1) is 26.6. The molecule has 182 valence electrons. The van der Waals surface area contributed by atoms with Gasteiger partial charge >= 0.3 is 6.09 Å². The normalized spacial score (nSPS) is 13.1. The lowest BCUT2D eigenvalue weighted by molar-refractivity contribution is -0.123. The molecule has 0 aliphatic rings. The van der Waals surface area contributed by atoms with E-state index >= 15 is 0 Å². The van der Waals surface area contributed by atoms with Crippen molar-refractivity contribution in [1.29, 1.82) is 0 Å². The molecule has 0 heterocycles. The lowest BCUT2D eigenvalue weighted by atomic mass is 10.0. The van der Waals surface area contributed by atoms with Crippen LogP contribution >= 0.6 is 0 Å². The van der Waals surface area contributed by atoms with Crippen molar-refractivity contribution in [3.63, 3.8) is 0 Å². The summed E-state index contributed by atoms with van der Waals surface area (Å²) >= 11 is 0. The van der Waals surface area contributed by atoms with E-state index in [1.807, 2.05) is 60.7 Å². The fraction of sp³-hybridized carbons (Fsp3) is 0.370. The Morgan fingerprint density at radius 2 is 1.50 bits per heavy atom. The number of alkyl carbamates (subject to hydrolysis) is 1. The van der Waals surface area contributed by atoms with Crippen LogP contribution in [0, 0.1) is 0 Å². The zero-order chi connectivity index (χ0) is 25.0. The Morgan fingerprint density at radius 3 is 2.09 bits per heavy atom. The smallest absolute Gasteiger partial charge is 0.408 e. The maximum Gasteiger partial charge on any atom is 0.408 e. The number of carbonyl (C=O) groups excluding carboxylic acids is 3. The third-order valence-corrected chi connectivity index (χ3v) is 4.83. The summed E-state index contributed by atoms with van der Waals surface area (Å²) in [7, 11) is 0. The molecule has 0 fully saturated rings. The van der Waals surface area contributed by atoms with Gasteiger partial charge in [-0.05, 0) is 51.7 Å². The summed E-state index contributed by atoms with van der Waals surface area (Å²) in [5.74, 6) is -0.610. The van der Waals surface area contributed by atoms with Gasteiger partial charge in [-0.15, -0.1) is 0 Å². The highest BCUT2D eigenvalue weighted by molar-refractivity contribution is 5.88. The van der Waals surface area contributed by atoms with E-state index in [0.717, 1.165) is 17.5 Å². The fourth-order valence-corrected chi connectivity index (χ4v) is 3.09. The van der Waals surface area contributed by atoms with Gasteiger partial charge in [-0.25, -0.2) is 4.79 Å². The van der Waals surface area contributed by atoms with Crippen molar-refractivity contribution in [1.82, 2.24) is 16.0 Å². The number of hydrogen-bond acceptors (Lipinski definition) is 4. The van der Waals surface area contributed by atoms with Gasteiger partial charge in [-0.2, -0.15) is 0 Å². The first-order valence-electron chi connectivity index (χ1n) is 11.5. The summed E-state index contributed by atoms with van der Waals surface area (Å²) < 4.78 is 5.21. The summed E-state index contributed by atoms with van der Waals surface area (Å²) in [5, 5.41) is 8.29. The minimum Gasteiger partial charge on any atom is -0.444 e. The molecule has 0 aliphatic heterocycles. The largest absolute Gasteiger partial charge is 0.444 e. The van der Waals surface area contributed by atoms with Crippen molar-refractivity contribution in [2.45, 2.75) is 64.8 Å². The fourth-order valence-electron chi connectivity index (χ4n) is 3.09.